The Morgan fingerprint density at radius 1 is 1.24 bits per heavy atom. The Morgan fingerprint density at radius 2 is 2.18 bits per heavy atom. The van der Waals surface area contributed by atoms with Gasteiger partial charge in [0.15, 0.2) is 0 Å². The molecule has 2 heterocycles. The second-order valence-electron chi connectivity index (χ2n) is 3.04. The molecule has 0 aliphatic heterocycles. The van der Waals surface area contributed by atoms with Crippen LogP contribution in [0.4, 0.5) is 0 Å². The van der Waals surface area contributed by atoms with Crippen LogP contribution in [0.15, 0.2) is 48.1 Å². The molecule has 1 N–H and O–H groups in total. The molecule has 0 saturated carbocycles. The van der Waals surface area contributed by atoms with Crippen molar-refractivity contribution in [2.75, 3.05) is 0 Å². The molecule has 1 amide bonds. The lowest BCUT2D eigenvalue weighted by atomic mass is 10.3. The Kier molecular flexibility index (Phi) is 3.49. The van der Waals surface area contributed by atoms with Crippen molar-refractivity contribution < 1.29 is 4.79 Å². The van der Waals surface area contributed by atoms with Crippen LogP contribution in [0.25, 0.3) is 0 Å². The standard InChI is InChI=1S/C11H9N5O/c17-11(10-3-1-2-4-14-10)16-15-8-9-7-12-5-6-13-9/h1-8H,(H,16,17). The third-order valence-electron chi connectivity index (χ3n) is 1.84. The highest BCUT2D eigenvalue weighted by Crippen LogP contribution is 1.92. The Morgan fingerprint density at radius 3 is 2.88 bits per heavy atom. The predicted octanol–water partition coefficient (Wildman–Crippen LogP) is 0.635. The van der Waals surface area contributed by atoms with Crippen molar-refractivity contribution in [3.05, 3.63) is 54.4 Å². The molecule has 2 rings (SSSR count). The van der Waals surface area contributed by atoms with Crippen molar-refractivity contribution in [2.45, 2.75) is 0 Å². The van der Waals surface area contributed by atoms with E-state index < -0.39 is 0 Å². The van der Waals surface area contributed by atoms with Crippen molar-refractivity contribution in [2.24, 2.45) is 5.10 Å². The molecule has 0 unspecified atom stereocenters. The van der Waals surface area contributed by atoms with E-state index in [1.165, 1.54) is 12.4 Å². The summed E-state index contributed by atoms with van der Waals surface area (Å²) >= 11 is 0. The normalized spacial score (nSPS) is 10.4. The van der Waals surface area contributed by atoms with Gasteiger partial charge in [-0.2, -0.15) is 5.10 Å². The molecule has 0 aliphatic rings. The summed E-state index contributed by atoms with van der Waals surface area (Å²) in [6, 6.07) is 5.07. The van der Waals surface area contributed by atoms with E-state index in [-0.39, 0.29) is 5.91 Å². The lowest BCUT2D eigenvalue weighted by molar-refractivity contribution is 0.0950. The van der Waals surface area contributed by atoms with E-state index in [9.17, 15) is 4.79 Å². The molecule has 2 aromatic rings. The predicted molar refractivity (Wildman–Crippen MR) is 61.3 cm³/mol. The zero-order chi connectivity index (χ0) is 11.9. The van der Waals surface area contributed by atoms with E-state index in [1.54, 1.807) is 36.8 Å². The minimum absolute atomic E-state index is 0.309. The highest BCUT2D eigenvalue weighted by atomic mass is 16.2. The summed E-state index contributed by atoms with van der Waals surface area (Å²) in [6.45, 7) is 0. The van der Waals surface area contributed by atoms with Gasteiger partial charge in [-0.15, -0.1) is 0 Å². The fourth-order valence-corrected chi connectivity index (χ4v) is 1.09. The minimum Gasteiger partial charge on any atom is -0.266 e. The highest BCUT2D eigenvalue weighted by Gasteiger charge is 2.03. The average Bonchev–Trinajstić information content (AvgIpc) is 2.41. The monoisotopic (exact) mass is 227 g/mol. The number of carbonyl (C=O) groups excluding carboxylic acids is 1. The first-order valence-corrected chi connectivity index (χ1v) is 4.87. The molecule has 17 heavy (non-hydrogen) atoms. The van der Waals surface area contributed by atoms with Crippen molar-refractivity contribution >= 4 is 12.1 Å². The van der Waals surface area contributed by atoms with Crippen LogP contribution in [-0.4, -0.2) is 27.1 Å². The number of nitrogens with one attached hydrogen (secondary N) is 1. The molecular weight excluding hydrogens is 218 g/mol. The van der Waals surface area contributed by atoms with Gasteiger partial charge in [0.25, 0.3) is 5.91 Å². The molecule has 0 saturated heterocycles. The first-order chi connectivity index (χ1) is 8.36. The van der Waals surface area contributed by atoms with Crippen LogP contribution in [0.2, 0.25) is 0 Å². The van der Waals surface area contributed by atoms with Gasteiger partial charge >= 0.3 is 0 Å². The van der Waals surface area contributed by atoms with Gasteiger partial charge in [0.1, 0.15) is 11.4 Å². The van der Waals surface area contributed by atoms with Crippen molar-refractivity contribution in [1.82, 2.24) is 20.4 Å². The molecule has 0 aromatic carbocycles. The lowest BCUT2D eigenvalue weighted by Gasteiger charge is -1.97. The zero-order valence-corrected chi connectivity index (χ0v) is 8.82. The molecule has 6 heteroatoms. The second-order valence-corrected chi connectivity index (χ2v) is 3.04. The van der Waals surface area contributed by atoms with Crippen LogP contribution >= 0.6 is 0 Å². The van der Waals surface area contributed by atoms with Gasteiger partial charge in [-0.25, -0.2) is 5.43 Å². The number of hydrogen-bond donors (Lipinski definition) is 1. The number of pyridine rings is 1. The topological polar surface area (TPSA) is 80.1 Å². The van der Waals surface area contributed by atoms with Gasteiger partial charge < -0.3 is 0 Å². The lowest BCUT2D eigenvalue weighted by Crippen LogP contribution is -2.18. The SMILES string of the molecule is O=C(NN=Cc1cnccn1)c1ccccn1. The van der Waals surface area contributed by atoms with Crippen LogP contribution in [0, 0.1) is 0 Å². The molecule has 2 aromatic heterocycles. The molecule has 0 bridgehead atoms. The van der Waals surface area contributed by atoms with E-state index in [2.05, 4.69) is 25.5 Å². The molecule has 0 radical (unpaired) electrons. The van der Waals surface area contributed by atoms with Gasteiger partial charge in [-0.05, 0) is 12.1 Å². The largest absolute Gasteiger partial charge is 0.289 e. The van der Waals surface area contributed by atoms with Gasteiger partial charge in [0.2, 0.25) is 0 Å². The number of hydrogen-bond acceptors (Lipinski definition) is 5. The maximum atomic E-state index is 11.5. The number of carbonyl (C=O) groups is 1. The summed E-state index contributed by atoms with van der Waals surface area (Å²) in [6.07, 6.45) is 7.59. The van der Waals surface area contributed by atoms with Gasteiger partial charge in [0.05, 0.1) is 12.4 Å². The Balaban J connectivity index is 1.95. The van der Waals surface area contributed by atoms with Gasteiger partial charge in [-0.1, -0.05) is 6.07 Å². The number of amides is 1. The summed E-state index contributed by atoms with van der Waals surface area (Å²) < 4.78 is 0. The summed E-state index contributed by atoms with van der Waals surface area (Å²) in [5, 5.41) is 3.75. The number of hydrazone groups is 1. The number of nitrogens with zero attached hydrogens (tertiary/aromatic N) is 4. The highest BCUT2D eigenvalue weighted by molar-refractivity contribution is 5.92. The second kappa shape index (κ2) is 5.45. The molecular formula is C11H9N5O. The minimum atomic E-state index is -0.370. The molecule has 0 atom stereocenters. The van der Waals surface area contributed by atoms with Crippen LogP contribution in [-0.2, 0) is 0 Å². The molecule has 6 nitrogen and oxygen atoms in total. The van der Waals surface area contributed by atoms with Crippen LogP contribution in [0.1, 0.15) is 16.2 Å². The van der Waals surface area contributed by atoms with E-state index in [1.807, 2.05) is 0 Å². The Labute approximate surface area is 97.5 Å². The van der Waals surface area contributed by atoms with Crippen molar-refractivity contribution in [3.63, 3.8) is 0 Å². The third-order valence-corrected chi connectivity index (χ3v) is 1.84. The van der Waals surface area contributed by atoms with Crippen LogP contribution in [0.3, 0.4) is 0 Å². The molecule has 0 aliphatic carbocycles. The number of rotatable bonds is 3. The fourth-order valence-electron chi connectivity index (χ4n) is 1.09. The summed E-state index contributed by atoms with van der Waals surface area (Å²) in [7, 11) is 0. The maximum absolute atomic E-state index is 11.5. The van der Waals surface area contributed by atoms with E-state index >= 15 is 0 Å². The van der Waals surface area contributed by atoms with Gasteiger partial charge in [-0.3, -0.25) is 19.7 Å². The van der Waals surface area contributed by atoms with Gasteiger partial charge in [0, 0.05) is 18.6 Å². The molecule has 84 valence electrons. The summed E-state index contributed by atoms with van der Waals surface area (Å²) in [5.41, 5.74) is 3.22. The Bertz CT molecular complexity index is 512. The fraction of sp³-hybridized carbons (Fsp3) is 0. The summed E-state index contributed by atoms with van der Waals surface area (Å²) in [5.74, 6) is -0.370. The van der Waals surface area contributed by atoms with Crippen molar-refractivity contribution in [1.29, 1.82) is 0 Å². The van der Waals surface area contributed by atoms with E-state index in [4.69, 9.17) is 0 Å². The quantitative estimate of drug-likeness (QED) is 0.616. The number of aromatic nitrogens is 3. The van der Waals surface area contributed by atoms with Crippen molar-refractivity contribution in [3.8, 4) is 0 Å². The third kappa shape index (κ3) is 3.16. The maximum Gasteiger partial charge on any atom is 0.289 e. The Hall–Kier alpha value is -2.63. The van der Waals surface area contributed by atoms with Crippen LogP contribution < -0.4 is 5.43 Å². The van der Waals surface area contributed by atoms with E-state index in [0.717, 1.165) is 0 Å². The van der Waals surface area contributed by atoms with Crippen LogP contribution in [0.5, 0.6) is 0 Å². The van der Waals surface area contributed by atoms with E-state index in [0.29, 0.717) is 11.4 Å². The first-order valence-electron chi connectivity index (χ1n) is 4.87. The smallest absolute Gasteiger partial charge is 0.266 e. The zero-order valence-electron chi connectivity index (χ0n) is 8.82. The summed E-state index contributed by atoms with van der Waals surface area (Å²) in [4.78, 5) is 23.2. The average molecular weight is 227 g/mol. The molecule has 0 fully saturated rings. The molecule has 0 spiro atoms. The first kappa shape index (κ1) is 10.9.